The summed E-state index contributed by atoms with van der Waals surface area (Å²) in [5.41, 5.74) is 5.19. The Balaban J connectivity index is 2.11. The van der Waals surface area contributed by atoms with E-state index in [0.29, 0.717) is 11.8 Å². The van der Waals surface area contributed by atoms with Crippen LogP contribution in [0.15, 0.2) is 36.5 Å². The summed E-state index contributed by atoms with van der Waals surface area (Å²) in [5.74, 6) is 0.916. The van der Waals surface area contributed by atoms with E-state index in [-0.39, 0.29) is 10.8 Å². The van der Waals surface area contributed by atoms with Crippen LogP contribution in [0.1, 0.15) is 103 Å². The van der Waals surface area contributed by atoms with Gasteiger partial charge >= 0.3 is 0 Å². The molecule has 0 aromatic carbocycles. The number of rotatable bonds is 6. The standard InChI is InChI=1S/C24H36N2/c1-17(2)20-10-9-11-22(26-20)24(7,8)14-12-18(3)21-16-19(13-15-25-21)23(4,5)6/h9-11,13,15-18H,12,14H2,1-8H3. The van der Waals surface area contributed by atoms with Crippen LogP contribution in [0.25, 0.3) is 0 Å². The third-order valence-corrected chi connectivity index (χ3v) is 5.41. The van der Waals surface area contributed by atoms with E-state index in [1.807, 2.05) is 6.20 Å². The molecule has 2 heterocycles. The second-order valence-electron chi connectivity index (χ2n) is 9.65. The highest BCUT2D eigenvalue weighted by molar-refractivity contribution is 5.25. The molecule has 0 aliphatic heterocycles. The van der Waals surface area contributed by atoms with Gasteiger partial charge < -0.3 is 0 Å². The molecule has 0 aliphatic rings. The molecule has 0 aliphatic carbocycles. The van der Waals surface area contributed by atoms with Gasteiger partial charge in [0, 0.05) is 28.7 Å². The maximum absolute atomic E-state index is 4.93. The molecule has 0 bridgehead atoms. The molecule has 0 N–H and O–H groups in total. The minimum absolute atomic E-state index is 0.0702. The molecule has 1 unspecified atom stereocenters. The van der Waals surface area contributed by atoms with E-state index in [4.69, 9.17) is 4.98 Å². The number of pyridine rings is 2. The monoisotopic (exact) mass is 352 g/mol. The van der Waals surface area contributed by atoms with Crippen molar-refractivity contribution in [2.75, 3.05) is 0 Å². The fraction of sp³-hybridized carbons (Fsp3) is 0.583. The zero-order valence-corrected chi connectivity index (χ0v) is 17.9. The third-order valence-electron chi connectivity index (χ3n) is 5.41. The summed E-state index contributed by atoms with van der Waals surface area (Å²) in [6.07, 6.45) is 4.18. The molecule has 2 aromatic heterocycles. The average molecular weight is 353 g/mol. The predicted octanol–water partition coefficient (Wildman–Crippen LogP) is 6.76. The second-order valence-corrected chi connectivity index (χ2v) is 9.65. The Kier molecular flexibility index (Phi) is 6.26. The van der Waals surface area contributed by atoms with Crippen molar-refractivity contribution in [3.05, 3.63) is 59.2 Å². The highest BCUT2D eigenvalue weighted by Gasteiger charge is 2.24. The molecule has 2 rings (SSSR count). The van der Waals surface area contributed by atoms with Gasteiger partial charge in [0.25, 0.3) is 0 Å². The summed E-state index contributed by atoms with van der Waals surface area (Å²) in [4.78, 5) is 9.57. The molecule has 0 saturated carbocycles. The Bertz CT molecular complexity index is 723. The van der Waals surface area contributed by atoms with E-state index in [1.165, 1.54) is 22.6 Å². The second kappa shape index (κ2) is 7.90. The summed E-state index contributed by atoms with van der Waals surface area (Å²) in [5, 5.41) is 0. The molecule has 0 fully saturated rings. The van der Waals surface area contributed by atoms with Crippen LogP contribution in [0.3, 0.4) is 0 Å². The zero-order chi connectivity index (χ0) is 19.5. The first-order valence-electron chi connectivity index (χ1n) is 9.94. The van der Waals surface area contributed by atoms with Crippen molar-refractivity contribution in [1.29, 1.82) is 0 Å². The number of hydrogen-bond acceptors (Lipinski definition) is 2. The third kappa shape index (κ3) is 5.16. The maximum atomic E-state index is 4.93. The molecule has 0 radical (unpaired) electrons. The van der Waals surface area contributed by atoms with Gasteiger partial charge in [0.1, 0.15) is 0 Å². The molecule has 0 spiro atoms. The van der Waals surface area contributed by atoms with Gasteiger partial charge in [-0.3, -0.25) is 9.97 Å². The topological polar surface area (TPSA) is 25.8 Å². The first kappa shape index (κ1) is 20.6. The van der Waals surface area contributed by atoms with Crippen molar-refractivity contribution < 1.29 is 0 Å². The fourth-order valence-electron chi connectivity index (χ4n) is 3.19. The summed E-state index contributed by atoms with van der Waals surface area (Å²) in [6, 6.07) is 10.9. The molecule has 26 heavy (non-hydrogen) atoms. The van der Waals surface area contributed by atoms with Crippen molar-refractivity contribution in [2.45, 2.75) is 90.9 Å². The molecule has 0 amide bonds. The molecule has 2 aromatic rings. The molecule has 1 atom stereocenters. The first-order valence-corrected chi connectivity index (χ1v) is 9.94. The van der Waals surface area contributed by atoms with Gasteiger partial charge in [-0.15, -0.1) is 0 Å². The van der Waals surface area contributed by atoms with Crippen LogP contribution < -0.4 is 0 Å². The Morgan fingerprint density at radius 2 is 1.62 bits per heavy atom. The normalized spacial score (nSPS) is 13.9. The van der Waals surface area contributed by atoms with Gasteiger partial charge in [0.15, 0.2) is 0 Å². The van der Waals surface area contributed by atoms with Gasteiger partial charge in [-0.25, -0.2) is 0 Å². The van der Waals surface area contributed by atoms with Crippen LogP contribution >= 0.6 is 0 Å². The fourth-order valence-corrected chi connectivity index (χ4v) is 3.19. The van der Waals surface area contributed by atoms with Gasteiger partial charge in [-0.05, 0) is 59.9 Å². The molecule has 0 saturated heterocycles. The van der Waals surface area contributed by atoms with E-state index < -0.39 is 0 Å². The largest absolute Gasteiger partial charge is 0.261 e. The first-order chi connectivity index (χ1) is 12.0. The van der Waals surface area contributed by atoms with Crippen molar-refractivity contribution in [2.24, 2.45) is 0 Å². The van der Waals surface area contributed by atoms with E-state index in [1.54, 1.807) is 0 Å². The summed E-state index contributed by atoms with van der Waals surface area (Å²) >= 11 is 0. The molecule has 2 heteroatoms. The highest BCUT2D eigenvalue weighted by Crippen LogP contribution is 2.33. The lowest BCUT2D eigenvalue weighted by Gasteiger charge is -2.27. The quantitative estimate of drug-likeness (QED) is 0.574. The highest BCUT2D eigenvalue weighted by atomic mass is 14.7. The van der Waals surface area contributed by atoms with Gasteiger partial charge in [0.05, 0.1) is 0 Å². The average Bonchev–Trinajstić information content (AvgIpc) is 2.59. The van der Waals surface area contributed by atoms with E-state index >= 15 is 0 Å². The van der Waals surface area contributed by atoms with Gasteiger partial charge in [0.2, 0.25) is 0 Å². The number of hydrogen-bond donors (Lipinski definition) is 0. The Morgan fingerprint density at radius 1 is 0.923 bits per heavy atom. The zero-order valence-electron chi connectivity index (χ0n) is 17.9. The van der Waals surface area contributed by atoms with Crippen molar-refractivity contribution >= 4 is 0 Å². The number of nitrogens with zero attached hydrogens (tertiary/aromatic N) is 2. The SMILES string of the molecule is CC(C)c1cccc(C(C)(C)CCC(C)c2cc(C(C)(C)C)ccn2)n1. The minimum Gasteiger partial charge on any atom is -0.261 e. The lowest BCUT2D eigenvalue weighted by molar-refractivity contribution is 0.424. The van der Waals surface area contributed by atoms with E-state index in [2.05, 4.69) is 90.7 Å². The van der Waals surface area contributed by atoms with Crippen LogP contribution in [0.4, 0.5) is 0 Å². The lowest BCUT2D eigenvalue weighted by atomic mass is 9.80. The lowest BCUT2D eigenvalue weighted by Crippen LogP contribution is -2.20. The molecule has 2 nitrogen and oxygen atoms in total. The summed E-state index contributed by atoms with van der Waals surface area (Å²) in [6.45, 7) is 18.1. The summed E-state index contributed by atoms with van der Waals surface area (Å²) < 4.78 is 0. The van der Waals surface area contributed by atoms with Crippen LogP contribution in [0.5, 0.6) is 0 Å². The number of aromatic nitrogens is 2. The maximum Gasteiger partial charge on any atom is 0.0463 e. The van der Waals surface area contributed by atoms with Crippen LogP contribution in [0.2, 0.25) is 0 Å². The Labute approximate surface area is 160 Å². The van der Waals surface area contributed by atoms with Crippen molar-refractivity contribution in [3.8, 4) is 0 Å². The van der Waals surface area contributed by atoms with Gasteiger partial charge in [-0.2, -0.15) is 0 Å². The van der Waals surface area contributed by atoms with Gasteiger partial charge in [-0.1, -0.05) is 61.5 Å². The molecular formula is C24H36N2. The van der Waals surface area contributed by atoms with E-state index in [0.717, 1.165) is 12.8 Å². The molecular weight excluding hydrogens is 316 g/mol. The van der Waals surface area contributed by atoms with Crippen molar-refractivity contribution in [1.82, 2.24) is 9.97 Å². The summed E-state index contributed by atoms with van der Waals surface area (Å²) in [7, 11) is 0. The Hall–Kier alpha value is -1.70. The van der Waals surface area contributed by atoms with Crippen LogP contribution in [0, 0.1) is 0 Å². The minimum atomic E-state index is 0.0702. The smallest absolute Gasteiger partial charge is 0.0463 e. The molecule has 142 valence electrons. The predicted molar refractivity (Wildman–Crippen MR) is 112 cm³/mol. The van der Waals surface area contributed by atoms with Crippen LogP contribution in [-0.4, -0.2) is 9.97 Å². The van der Waals surface area contributed by atoms with Crippen LogP contribution in [-0.2, 0) is 10.8 Å². The Morgan fingerprint density at radius 3 is 2.23 bits per heavy atom. The van der Waals surface area contributed by atoms with E-state index in [9.17, 15) is 0 Å². The van der Waals surface area contributed by atoms with Crippen molar-refractivity contribution in [3.63, 3.8) is 0 Å².